The molecule has 3 amide bonds. The second kappa shape index (κ2) is 7.56. The SMILES string of the molecule is Cc1ccc(NC(=O)CNC(=O)[C@@H](N)C(C)C)cc1C(N)=O. The zero-order valence-corrected chi connectivity index (χ0v) is 13.0. The first-order valence-electron chi connectivity index (χ1n) is 6.96. The van der Waals surface area contributed by atoms with E-state index in [1.807, 2.05) is 13.8 Å². The third kappa shape index (κ3) is 4.85. The maximum absolute atomic E-state index is 11.8. The summed E-state index contributed by atoms with van der Waals surface area (Å²) in [5.41, 5.74) is 12.4. The molecule has 0 radical (unpaired) electrons. The van der Waals surface area contributed by atoms with Gasteiger partial charge in [-0.2, -0.15) is 0 Å². The number of amides is 3. The van der Waals surface area contributed by atoms with Crippen LogP contribution in [-0.4, -0.2) is 30.3 Å². The largest absolute Gasteiger partial charge is 0.366 e. The number of anilines is 1. The molecule has 1 aromatic carbocycles. The molecule has 1 aromatic rings. The maximum Gasteiger partial charge on any atom is 0.249 e. The van der Waals surface area contributed by atoms with Crippen LogP contribution in [0.15, 0.2) is 18.2 Å². The molecule has 0 heterocycles. The van der Waals surface area contributed by atoms with Gasteiger partial charge in [-0.3, -0.25) is 14.4 Å². The average Bonchev–Trinajstić information content (AvgIpc) is 2.45. The van der Waals surface area contributed by atoms with E-state index >= 15 is 0 Å². The van der Waals surface area contributed by atoms with Gasteiger partial charge in [0.25, 0.3) is 0 Å². The van der Waals surface area contributed by atoms with Gasteiger partial charge >= 0.3 is 0 Å². The van der Waals surface area contributed by atoms with Crippen LogP contribution in [0, 0.1) is 12.8 Å². The lowest BCUT2D eigenvalue weighted by Crippen LogP contribution is -2.46. The third-order valence-corrected chi connectivity index (χ3v) is 3.23. The first-order valence-corrected chi connectivity index (χ1v) is 6.96. The molecule has 0 saturated heterocycles. The van der Waals surface area contributed by atoms with E-state index in [-0.39, 0.29) is 18.4 Å². The molecule has 7 nitrogen and oxygen atoms in total. The van der Waals surface area contributed by atoms with Crippen LogP contribution in [-0.2, 0) is 9.59 Å². The predicted octanol–water partition coefficient (Wildman–Crippen LogP) is 0.132. The first-order chi connectivity index (χ1) is 10.2. The van der Waals surface area contributed by atoms with Crippen molar-refractivity contribution in [1.82, 2.24) is 5.32 Å². The summed E-state index contributed by atoms with van der Waals surface area (Å²) in [5, 5.41) is 5.05. The van der Waals surface area contributed by atoms with Crippen LogP contribution < -0.4 is 22.1 Å². The molecule has 0 spiro atoms. The number of benzene rings is 1. The van der Waals surface area contributed by atoms with E-state index in [2.05, 4.69) is 10.6 Å². The Morgan fingerprint density at radius 3 is 2.41 bits per heavy atom. The van der Waals surface area contributed by atoms with Gasteiger partial charge in [0, 0.05) is 11.3 Å². The molecule has 0 bridgehead atoms. The number of aryl methyl sites for hydroxylation is 1. The van der Waals surface area contributed by atoms with E-state index in [9.17, 15) is 14.4 Å². The molecule has 1 rings (SSSR count). The van der Waals surface area contributed by atoms with Crippen LogP contribution >= 0.6 is 0 Å². The Morgan fingerprint density at radius 1 is 1.23 bits per heavy atom. The molecule has 6 N–H and O–H groups in total. The fraction of sp³-hybridized carbons (Fsp3) is 0.400. The van der Waals surface area contributed by atoms with Crippen LogP contribution in [0.4, 0.5) is 5.69 Å². The van der Waals surface area contributed by atoms with Crippen molar-refractivity contribution in [2.24, 2.45) is 17.4 Å². The van der Waals surface area contributed by atoms with Gasteiger partial charge < -0.3 is 22.1 Å². The minimum absolute atomic E-state index is 0.0155. The number of nitrogens with two attached hydrogens (primary N) is 2. The Balaban J connectivity index is 2.61. The molecule has 0 aliphatic carbocycles. The van der Waals surface area contributed by atoms with Crippen LogP contribution in [0.2, 0.25) is 0 Å². The fourth-order valence-corrected chi connectivity index (χ4v) is 1.76. The molecule has 1 atom stereocenters. The predicted molar refractivity (Wildman–Crippen MR) is 84.1 cm³/mol. The van der Waals surface area contributed by atoms with Crippen LogP contribution in [0.1, 0.15) is 29.8 Å². The number of carbonyl (C=O) groups is 3. The molecular formula is C15H22N4O3. The summed E-state index contributed by atoms with van der Waals surface area (Å²) in [4.78, 5) is 34.7. The molecule has 0 unspecified atom stereocenters. The lowest BCUT2D eigenvalue weighted by atomic mass is 10.1. The van der Waals surface area contributed by atoms with E-state index in [4.69, 9.17) is 11.5 Å². The van der Waals surface area contributed by atoms with Gasteiger partial charge in [-0.25, -0.2) is 0 Å². The maximum atomic E-state index is 11.8. The van der Waals surface area contributed by atoms with Gasteiger partial charge in [-0.15, -0.1) is 0 Å². The van der Waals surface area contributed by atoms with E-state index in [1.54, 1.807) is 19.1 Å². The number of carbonyl (C=O) groups excluding carboxylic acids is 3. The summed E-state index contributed by atoms with van der Waals surface area (Å²) < 4.78 is 0. The second-order valence-electron chi connectivity index (χ2n) is 5.43. The number of nitrogens with one attached hydrogen (secondary N) is 2. The van der Waals surface area contributed by atoms with Crippen LogP contribution in [0.3, 0.4) is 0 Å². The van der Waals surface area contributed by atoms with E-state index in [0.29, 0.717) is 11.3 Å². The minimum atomic E-state index is -0.659. The second-order valence-corrected chi connectivity index (χ2v) is 5.43. The topological polar surface area (TPSA) is 127 Å². The lowest BCUT2D eigenvalue weighted by Gasteiger charge is -2.15. The normalized spacial score (nSPS) is 11.9. The van der Waals surface area contributed by atoms with Crippen molar-refractivity contribution in [3.63, 3.8) is 0 Å². The van der Waals surface area contributed by atoms with Crippen molar-refractivity contribution in [2.45, 2.75) is 26.8 Å². The molecule has 0 saturated carbocycles. The summed E-state index contributed by atoms with van der Waals surface area (Å²) in [6, 6.07) is 4.18. The molecule has 0 aromatic heterocycles. The zero-order valence-electron chi connectivity index (χ0n) is 13.0. The Kier molecular flexibility index (Phi) is 6.06. The van der Waals surface area contributed by atoms with Gasteiger partial charge in [0.2, 0.25) is 17.7 Å². The highest BCUT2D eigenvalue weighted by atomic mass is 16.2. The highest BCUT2D eigenvalue weighted by Crippen LogP contribution is 2.14. The number of rotatable bonds is 6. The Hall–Kier alpha value is -2.41. The van der Waals surface area contributed by atoms with Gasteiger partial charge in [-0.05, 0) is 30.5 Å². The number of primary amides is 1. The molecule has 7 heteroatoms. The van der Waals surface area contributed by atoms with E-state index in [1.165, 1.54) is 6.07 Å². The zero-order chi connectivity index (χ0) is 16.9. The summed E-state index contributed by atoms with van der Waals surface area (Å²) in [5.74, 6) is -1.38. The van der Waals surface area contributed by atoms with Gasteiger partial charge in [0.05, 0.1) is 12.6 Å². The van der Waals surface area contributed by atoms with Crippen molar-refractivity contribution < 1.29 is 14.4 Å². The van der Waals surface area contributed by atoms with E-state index < -0.39 is 17.9 Å². The molecule has 120 valence electrons. The monoisotopic (exact) mass is 306 g/mol. The number of hydrogen-bond donors (Lipinski definition) is 4. The molecule has 22 heavy (non-hydrogen) atoms. The molecule has 0 aliphatic heterocycles. The first kappa shape index (κ1) is 17.6. The Bertz CT molecular complexity index is 584. The van der Waals surface area contributed by atoms with Crippen LogP contribution in [0.25, 0.3) is 0 Å². The smallest absolute Gasteiger partial charge is 0.249 e. The average molecular weight is 306 g/mol. The summed E-state index contributed by atoms with van der Waals surface area (Å²) in [7, 11) is 0. The highest BCUT2D eigenvalue weighted by molar-refractivity contribution is 5.98. The number of hydrogen-bond acceptors (Lipinski definition) is 4. The highest BCUT2D eigenvalue weighted by Gasteiger charge is 2.17. The molecule has 0 fully saturated rings. The standard InChI is InChI=1S/C15H22N4O3/c1-8(2)13(16)15(22)18-7-12(20)19-10-5-4-9(3)11(6-10)14(17)21/h4-6,8,13H,7,16H2,1-3H3,(H2,17,21)(H,18,22)(H,19,20)/t13-/m0/s1. The fourth-order valence-electron chi connectivity index (χ4n) is 1.76. The molecule has 0 aliphatic rings. The Labute approximate surface area is 129 Å². The quantitative estimate of drug-likeness (QED) is 0.595. The minimum Gasteiger partial charge on any atom is -0.366 e. The van der Waals surface area contributed by atoms with Crippen molar-refractivity contribution in [3.8, 4) is 0 Å². The van der Waals surface area contributed by atoms with Gasteiger partial charge in [0.1, 0.15) is 0 Å². The lowest BCUT2D eigenvalue weighted by molar-refractivity contribution is -0.125. The van der Waals surface area contributed by atoms with E-state index in [0.717, 1.165) is 5.56 Å². The van der Waals surface area contributed by atoms with Crippen molar-refractivity contribution >= 4 is 23.4 Å². The summed E-state index contributed by atoms with van der Waals surface area (Å²) in [6.07, 6.45) is 0. The summed E-state index contributed by atoms with van der Waals surface area (Å²) in [6.45, 7) is 5.20. The van der Waals surface area contributed by atoms with Crippen molar-refractivity contribution in [1.29, 1.82) is 0 Å². The Morgan fingerprint density at radius 2 is 1.86 bits per heavy atom. The third-order valence-electron chi connectivity index (χ3n) is 3.23. The summed E-state index contributed by atoms with van der Waals surface area (Å²) >= 11 is 0. The van der Waals surface area contributed by atoms with Crippen LogP contribution in [0.5, 0.6) is 0 Å². The molecular weight excluding hydrogens is 284 g/mol. The van der Waals surface area contributed by atoms with Gasteiger partial charge in [0.15, 0.2) is 0 Å². The van der Waals surface area contributed by atoms with Gasteiger partial charge in [-0.1, -0.05) is 19.9 Å². The van der Waals surface area contributed by atoms with Crippen molar-refractivity contribution in [2.75, 3.05) is 11.9 Å². The van der Waals surface area contributed by atoms with Crippen molar-refractivity contribution in [3.05, 3.63) is 29.3 Å².